The zero-order valence-corrected chi connectivity index (χ0v) is 24.0. The second kappa shape index (κ2) is 9.59. The fourth-order valence-corrected chi connectivity index (χ4v) is 4.62. The van der Waals surface area contributed by atoms with Crippen molar-refractivity contribution in [3.8, 4) is 11.5 Å². The van der Waals surface area contributed by atoms with Gasteiger partial charge in [0.1, 0.15) is 11.5 Å². The van der Waals surface area contributed by atoms with Gasteiger partial charge in [0.15, 0.2) is 0 Å². The van der Waals surface area contributed by atoms with Crippen LogP contribution in [0.4, 0.5) is 0 Å². The largest absolute Gasteiger partial charge is 0.507 e. The molecule has 0 spiro atoms. The summed E-state index contributed by atoms with van der Waals surface area (Å²) in [6.07, 6.45) is 4.19. The molecular weight excluding hydrogens is 416 g/mol. The van der Waals surface area contributed by atoms with Gasteiger partial charge in [-0.2, -0.15) is 0 Å². The molecule has 2 heteroatoms. The highest BCUT2D eigenvalue weighted by Crippen LogP contribution is 2.41. The molecule has 2 rings (SSSR count). The topological polar surface area (TPSA) is 40.5 Å². The predicted molar refractivity (Wildman–Crippen MR) is 148 cm³/mol. The van der Waals surface area contributed by atoms with Crippen molar-refractivity contribution in [2.24, 2.45) is 0 Å². The molecule has 0 unspecified atom stereocenters. The summed E-state index contributed by atoms with van der Waals surface area (Å²) in [5.41, 5.74) is 6.38. The Hall–Kier alpha value is -1.96. The first-order chi connectivity index (χ1) is 15.2. The molecule has 0 aliphatic heterocycles. The van der Waals surface area contributed by atoms with Crippen molar-refractivity contribution >= 4 is 0 Å². The van der Waals surface area contributed by atoms with Crippen molar-refractivity contribution < 1.29 is 10.2 Å². The van der Waals surface area contributed by atoms with Gasteiger partial charge in [0.25, 0.3) is 0 Å². The molecular formula is C32H50O2. The van der Waals surface area contributed by atoms with Gasteiger partial charge in [-0.05, 0) is 80.7 Å². The van der Waals surface area contributed by atoms with Crippen LogP contribution in [0.3, 0.4) is 0 Å². The highest BCUT2D eigenvalue weighted by atomic mass is 16.3. The number of phenolic OH excluding ortho intramolecular Hbond substituents is 2. The molecule has 0 aromatic heterocycles. The first-order valence-electron chi connectivity index (χ1n) is 13.0. The Labute approximate surface area is 209 Å². The highest BCUT2D eigenvalue weighted by Gasteiger charge is 2.27. The summed E-state index contributed by atoms with van der Waals surface area (Å²) in [5, 5.41) is 22.0. The van der Waals surface area contributed by atoms with Crippen molar-refractivity contribution in [1.29, 1.82) is 0 Å². The lowest BCUT2D eigenvalue weighted by atomic mass is 9.77. The summed E-state index contributed by atoms with van der Waals surface area (Å²) >= 11 is 0. The van der Waals surface area contributed by atoms with Gasteiger partial charge in [0.2, 0.25) is 0 Å². The molecule has 2 aromatic carbocycles. The van der Waals surface area contributed by atoms with Gasteiger partial charge < -0.3 is 10.2 Å². The van der Waals surface area contributed by atoms with Gasteiger partial charge in [-0.25, -0.2) is 0 Å². The second-order valence-electron chi connectivity index (χ2n) is 14.3. The minimum absolute atomic E-state index is 0.0984. The standard InChI is InChI=1S/C32H50O2/c1-29(2,3)23-17-21(18-24(27(23)33)30(4,5)6)15-13-14-16-22-19-25(31(7,8)9)28(34)26(20-22)32(10,11)12/h17-20,33-34H,13-16H2,1-12H3. The van der Waals surface area contributed by atoms with E-state index in [2.05, 4.69) is 107 Å². The Morgan fingerprint density at radius 3 is 0.824 bits per heavy atom. The van der Waals surface area contributed by atoms with Crippen molar-refractivity contribution in [2.45, 2.75) is 130 Å². The van der Waals surface area contributed by atoms with E-state index in [1.54, 1.807) is 0 Å². The van der Waals surface area contributed by atoms with Crippen LogP contribution in [0.25, 0.3) is 0 Å². The lowest BCUT2D eigenvalue weighted by Crippen LogP contribution is -2.18. The van der Waals surface area contributed by atoms with Crippen LogP contribution >= 0.6 is 0 Å². The van der Waals surface area contributed by atoms with Gasteiger partial charge in [0, 0.05) is 0 Å². The molecule has 0 fully saturated rings. The number of unbranched alkanes of at least 4 members (excludes halogenated alkanes) is 1. The number of aromatic hydroxyl groups is 2. The first-order valence-corrected chi connectivity index (χ1v) is 13.0. The van der Waals surface area contributed by atoms with Gasteiger partial charge in [0.05, 0.1) is 0 Å². The summed E-state index contributed by atoms with van der Waals surface area (Å²) in [5.74, 6) is 0.912. The normalized spacial score (nSPS) is 13.4. The minimum atomic E-state index is -0.0984. The van der Waals surface area contributed by atoms with E-state index in [4.69, 9.17) is 0 Å². The molecule has 0 saturated carbocycles. The summed E-state index contributed by atoms with van der Waals surface area (Å²) in [6.45, 7) is 26.0. The van der Waals surface area contributed by atoms with Gasteiger partial charge in [-0.15, -0.1) is 0 Å². The number of rotatable bonds is 5. The SMILES string of the molecule is CC(C)(C)c1cc(CCCCc2cc(C(C)(C)C)c(O)c(C(C)(C)C)c2)cc(C(C)(C)C)c1O. The van der Waals surface area contributed by atoms with Crippen LogP contribution in [-0.2, 0) is 34.5 Å². The zero-order chi connectivity index (χ0) is 26.3. The average Bonchev–Trinajstić information content (AvgIpc) is 2.63. The van der Waals surface area contributed by atoms with E-state index < -0.39 is 0 Å². The maximum Gasteiger partial charge on any atom is 0.123 e. The quantitative estimate of drug-likeness (QED) is 0.432. The second-order valence-corrected chi connectivity index (χ2v) is 14.3. The Balaban J connectivity index is 2.26. The molecule has 0 aliphatic rings. The number of aryl methyl sites for hydroxylation is 2. The van der Waals surface area contributed by atoms with E-state index in [1.165, 1.54) is 11.1 Å². The molecule has 0 bridgehead atoms. The Bertz CT molecular complexity index is 846. The van der Waals surface area contributed by atoms with Crippen molar-refractivity contribution in [3.63, 3.8) is 0 Å². The molecule has 2 N–H and O–H groups in total. The molecule has 0 saturated heterocycles. The maximum absolute atomic E-state index is 11.0. The molecule has 0 aliphatic carbocycles. The van der Waals surface area contributed by atoms with E-state index in [9.17, 15) is 10.2 Å². The molecule has 0 radical (unpaired) electrons. The summed E-state index contributed by atoms with van der Waals surface area (Å²) in [4.78, 5) is 0. The molecule has 34 heavy (non-hydrogen) atoms. The van der Waals surface area contributed by atoms with E-state index in [-0.39, 0.29) is 21.7 Å². The predicted octanol–water partition coefficient (Wildman–Crippen LogP) is 8.85. The third-order valence-corrected chi connectivity index (χ3v) is 6.75. The van der Waals surface area contributed by atoms with Crippen molar-refractivity contribution in [1.82, 2.24) is 0 Å². The summed E-state index contributed by atoms with van der Waals surface area (Å²) in [7, 11) is 0. The van der Waals surface area contributed by atoms with Crippen LogP contribution in [0.2, 0.25) is 0 Å². The molecule has 190 valence electrons. The van der Waals surface area contributed by atoms with E-state index in [1.807, 2.05) is 0 Å². The monoisotopic (exact) mass is 466 g/mol. The van der Waals surface area contributed by atoms with E-state index in [0.29, 0.717) is 11.5 Å². The van der Waals surface area contributed by atoms with Gasteiger partial charge in [-0.3, -0.25) is 0 Å². The molecule has 0 atom stereocenters. The van der Waals surface area contributed by atoms with Crippen molar-refractivity contribution in [3.05, 3.63) is 57.6 Å². The number of hydrogen-bond donors (Lipinski definition) is 2. The molecule has 2 nitrogen and oxygen atoms in total. The van der Waals surface area contributed by atoms with Crippen LogP contribution < -0.4 is 0 Å². The van der Waals surface area contributed by atoms with Crippen LogP contribution in [0.1, 0.15) is 129 Å². The Morgan fingerprint density at radius 1 is 0.441 bits per heavy atom. The van der Waals surface area contributed by atoms with E-state index >= 15 is 0 Å². The first kappa shape index (κ1) is 28.3. The summed E-state index contributed by atoms with van der Waals surface area (Å²) < 4.78 is 0. The summed E-state index contributed by atoms with van der Waals surface area (Å²) in [6, 6.07) is 8.84. The van der Waals surface area contributed by atoms with Crippen LogP contribution in [0, 0.1) is 0 Å². The maximum atomic E-state index is 11.0. The number of phenols is 2. The van der Waals surface area contributed by atoms with Crippen LogP contribution in [0.5, 0.6) is 11.5 Å². The molecule has 0 heterocycles. The molecule has 0 amide bonds. The Morgan fingerprint density at radius 2 is 0.647 bits per heavy atom. The van der Waals surface area contributed by atoms with Crippen LogP contribution in [0.15, 0.2) is 24.3 Å². The third kappa shape index (κ3) is 6.80. The lowest BCUT2D eigenvalue weighted by molar-refractivity contribution is 0.421. The van der Waals surface area contributed by atoms with Crippen molar-refractivity contribution in [2.75, 3.05) is 0 Å². The smallest absolute Gasteiger partial charge is 0.123 e. The average molecular weight is 467 g/mol. The number of benzene rings is 2. The fraction of sp³-hybridized carbons (Fsp3) is 0.625. The fourth-order valence-electron chi connectivity index (χ4n) is 4.62. The third-order valence-electron chi connectivity index (χ3n) is 6.75. The lowest BCUT2D eigenvalue weighted by Gasteiger charge is -2.28. The highest BCUT2D eigenvalue weighted by molar-refractivity contribution is 5.51. The Kier molecular flexibility index (Phi) is 7.98. The van der Waals surface area contributed by atoms with Gasteiger partial charge in [-0.1, -0.05) is 107 Å². The number of hydrogen-bond acceptors (Lipinski definition) is 2. The van der Waals surface area contributed by atoms with Gasteiger partial charge >= 0.3 is 0 Å². The van der Waals surface area contributed by atoms with Crippen LogP contribution in [-0.4, -0.2) is 10.2 Å². The molecule has 2 aromatic rings. The van der Waals surface area contributed by atoms with E-state index in [0.717, 1.165) is 47.9 Å². The minimum Gasteiger partial charge on any atom is -0.507 e. The zero-order valence-electron chi connectivity index (χ0n) is 24.0.